The summed E-state index contributed by atoms with van der Waals surface area (Å²) in [4.78, 5) is 3.96. The molecule has 0 aliphatic carbocycles. The van der Waals surface area contributed by atoms with Crippen LogP contribution in [0.1, 0.15) is 19.0 Å². The zero-order valence-electron chi connectivity index (χ0n) is 6.92. The van der Waals surface area contributed by atoms with E-state index in [9.17, 15) is 0 Å². The molecule has 4 heteroatoms. The third kappa shape index (κ3) is 1.77. The van der Waals surface area contributed by atoms with Crippen molar-refractivity contribution in [1.29, 1.82) is 5.26 Å². The highest BCUT2D eigenvalue weighted by Gasteiger charge is 2.06. The Hall–Kier alpha value is -1.01. The predicted molar refractivity (Wildman–Crippen MR) is 46.8 cm³/mol. The van der Waals surface area contributed by atoms with Crippen LogP contribution in [0.2, 0.25) is 5.15 Å². The van der Waals surface area contributed by atoms with Crippen LogP contribution in [-0.4, -0.2) is 9.55 Å². The van der Waals surface area contributed by atoms with E-state index in [0.717, 1.165) is 12.2 Å². The van der Waals surface area contributed by atoms with Gasteiger partial charge in [0.2, 0.25) is 0 Å². The van der Waals surface area contributed by atoms with E-state index in [4.69, 9.17) is 16.9 Å². The molecule has 0 spiro atoms. The second-order valence-corrected chi connectivity index (χ2v) is 2.78. The summed E-state index contributed by atoms with van der Waals surface area (Å²) in [6, 6.07) is 2.08. The van der Waals surface area contributed by atoms with Crippen molar-refractivity contribution in [2.45, 2.75) is 26.3 Å². The van der Waals surface area contributed by atoms with Gasteiger partial charge < -0.3 is 4.57 Å². The van der Waals surface area contributed by atoms with Crippen molar-refractivity contribution in [2.75, 3.05) is 0 Å². The zero-order valence-corrected chi connectivity index (χ0v) is 7.67. The number of hydrogen-bond acceptors (Lipinski definition) is 2. The smallest absolute Gasteiger partial charge is 0.150 e. The standard InChI is InChI=1S/C8H10ClN3/c1-2-12-6-11-8(9)7(12)4-3-5-10/h6H,2-4H2,1H3. The molecular formula is C8H10ClN3. The Morgan fingerprint density at radius 1 is 1.75 bits per heavy atom. The summed E-state index contributed by atoms with van der Waals surface area (Å²) in [6.07, 6.45) is 2.88. The monoisotopic (exact) mass is 183 g/mol. The van der Waals surface area contributed by atoms with Crippen molar-refractivity contribution in [1.82, 2.24) is 9.55 Å². The minimum atomic E-state index is 0.491. The number of rotatable bonds is 3. The van der Waals surface area contributed by atoms with Gasteiger partial charge in [-0.15, -0.1) is 0 Å². The van der Waals surface area contributed by atoms with Gasteiger partial charge in [-0.1, -0.05) is 11.6 Å². The zero-order chi connectivity index (χ0) is 8.97. The quantitative estimate of drug-likeness (QED) is 0.720. The molecule has 12 heavy (non-hydrogen) atoms. The van der Waals surface area contributed by atoms with Gasteiger partial charge in [0.05, 0.1) is 18.1 Å². The van der Waals surface area contributed by atoms with Crippen LogP contribution in [-0.2, 0) is 13.0 Å². The first-order valence-electron chi connectivity index (χ1n) is 3.86. The maximum Gasteiger partial charge on any atom is 0.150 e. The summed E-state index contributed by atoms with van der Waals surface area (Å²) in [6.45, 7) is 2.87. The second kappa shape index (κ2) is 4.13. The normalized spacial score (nSPS) is 9.75. The molecule has 0 aliphatic heterocycles. The van der Waals surface area contributed by atoms with Crippen LogP contribution in [0.15, 0.2) is 6.33 Å². The van der Waals surface area contributed by atoms with E-state index in [1.165, 1.54) is 0 Å². The van der Waals surface area contributed by atoms with Crippen molar-refractivity contribution in [3.63, 3.8) is 0 Å². The van der Waals surface area contributed by atoms with E-state index in [-0.39, 0.29) is 0 Å². The number of nitriles is 1. The lowest BCUT2D eigenvalue weighted by atomic mass is 10.2. The Morgan fingerprint density at radius 3 is 3.08 bits per heavy atom. The van der Waals surface area contributed by atoms with Gasteiger partial charge >= 0.3 is 0 Å². The van der Waals surface area contributed by atoms with E-state index in [1.807, 2.05) is 11.5 Å². The van der Waals surface area contributed by atoms with Crippen LogP contribution in [0.3, 0.4) is 0 Å². The molecule has 0 atom stereocenters. The van der Waals surface area contributed by atoms with E-state index < -0.39 is 0 Å². The minimum Gasteiger partial charge on any atom is -0.333 e. The van der Waals surface area contributed by atoms with Gasteiger partial charge in [-0.2, -0.15) is 5.26 Å². The largest absolute Gasteiger partial charge is 0.333 e. The lowest BCUT2D eigenvalue weighted by Crippen LogP contribution is -1.99. The van der Waals surface area contributed by atoms with Crippen LogP contribution in [0.5, 0.6) is 0 Å². The van der Waals surface area contributed by atoms with E-state index in [2.05, 4.69) is 11.1 Å². The number of halogens is 1. The maximum atomic E-state index is 8.40. The van der Waals surface area contributed by atoms with Gasteiger partial charge in [0.1, 0.15) is 5.15 Å². The molecule has 0 aromatic carbocycles. The van der Waals surface area contributed by atoms with Crippen LogP contribution in [0, 0.1) is 11.3 Å². The van der Waals surface area contributed by atoms with Gasteiger partial charge in [0.15, 0.2) is 0 Å². The number of aryl methyl sites for hydroxylation is 1. The van der Waals surface area contributed by atoms with Crippen molar-refractivity contribution in [3.8, 4) is 6.07 Å². The average molecular weight is 184 g/mol. The molecule has 0 N–H and O–H groups in total. The summed E-state index contributed by atoms with van der Waals surface area (Å²) in [5.41, 5.74) is 0.959. The van der Waals surface area contributed by atoms with Gasteiger partial charge in [-0.25, -0.2) is 4.98 Å². The highest BCUT2D eigenvalue weighted by Crippen LogP contribution is 2.15. The maximum absolute atomic E-state index is 8.40. The second-order valence-electron chi connectivity index (χ2n) is 2.43. The Morgan fingerprint density at radius 2 is 2.50 bits per heavy atom. The predicted octanol–water partition coefficient (Wildman–Crippen LogP) is 2.01. The average Bonchev–Trinajstić information content (AvgIpc) is 2.43. The molecule has 1 heterocycles. The molecule has 3 nitrogen and oxygen atoms in total. The lowest BCUT2D eigenvalue weighted by molar-refractivity contribution is 0.708. The first-order chi connectivity index (χ1) is 5.79. The Labute approximate surface area is 76.6 Å². The van der Waals surface area contributed by atoms with Gasteiger partial charge in [-0.05, 0) is 6.92 Å². The number of hydrogen-bond donors (Lipinski definition) is 0. The molecule has 64 valence electrons. The van der Waals surface area contributed by atoms with Crippen LogP contribution in [0.4, 0.5) is 0 Å². The SMILES string of the molecule is CCn1cnc(Cl)c1CCC#N. The summed E-state index contributed by atoms with van der Waals surface area (Å²) in [5.74, 6) is 0. The summed E-state index contributed by atoms with van der Waals surface area (Å²) in [7, 11) is 0. The molecule has 0 saturated heterocycles. The summed E-state index contributed by atoms with van der Waals surface area (Å²) in [5, 5.41) is 8.92. The molecule has 0 unspecified atom stereocenters. The van der Waals surface area contributed by atoms with Gasteiger partial charge in [0.25, 0.3) is 0 Å². The summed E-state index contributed by atoms with van der Waals surface area (Å²) < 4.78 is 1.96. The number of imidazole rings is 1. The fourth-order valence-corrected chi connectivity index (χ4v) is 1.32. The lowest BCUT2D eigenvalue weighted by Gasteiger charge is -2.01. The van der Waals surface area contributed by atoms with Crippen molar-refractivity contribution >= 4 is 11.6 Å². The van der Waals surface area contributed by atoms with Crippen LogP contribution in [0.25, 0.3) is 0 Å². The molecule has 0 amide bonds. The molecule has 0 aliphatic rings. The Kier molecular flexibility index (Phi) is 3.12. The van der Waals surface area contributed by atoms with E-state index >= 15 is 0 Å². The summed E-state index contributed by atoms with van der Waals surface area (Å²) >= 11 is 5.82. The van der Waals surface area contributed by atoms with Crippen LogP contribution < -0.4 is 0 Å². The molecule has 0 saturated carbocycles. The number of aromatic nitrogens is 2. The first kappa shape index (κ1) is 9.08. The molecule has 1 aromatic rings. The third-order valence-corrected chi connectivity index (χ3v) is 2.03. The highest BCUT2D eigenvalue weighted by atomic mass is 35.5. The third-order valence-electron chi connectivity index (χ3n) is 1.71. The van der Waals surface area contributed by atoms with Crippen molar-refractivity contribution in [3.05, 3.63) is 17.2 Å². The first-order valence-corrected chi connectivity index (χ1v) is 4.23. The number of nitrogens with zero attached hydrogens (tertiary/aromatic N) is 3. The highest BCUT2D eigenvalue weighted by molar-refractivity contribution is 6.30. The Bertz CT molecular complexity index is 298. The van der Waals surface area contributed by atoms with E-state index in [0.29, 0.717) is 18.0 Å². The van der Waals surface area contributed by atoms with Gasteiger partial charge in [0, 0.05) is 19.4 Å². The van der Waals surface area contributed by atoms with Crippen LogP contribution >= 0.6 is 11.6 Å². The molecule has 0 bridgehead atoms. The van der Waals surface area contributed by atoms with Crippen molar-refractivity contribution < 1.29 is 0 Å². The fraction of sp³-hybridized carbons (Fsp3) is 0.500. The molecule has 0 fully saturated rings. The van der Waals surface area contributed by atoms with Gasteiger partial charge in [-0.3, -0.25) is 0 Å². The van der Waals surface area contributed by atoms with E-state index in [1.54, 1.807) is 6.33 Å². The van der Waals surface area contributed by atoms with Crippen molar-refractivity contribution in [2.24, 2.45) is 0 Å². The molecule has 1 aromatic heterocycles. The Balaban J connectivity index is 2.81. The molecular weight excluding hydrogens is 174 g/mol. The molecule has 0 radical (unpaired) electrons. The molecule has 1 rings (SSSR count). The topological polar surface area (TPSA) is 41.6 Å². The minimum absolute atomic E-state index is 0.491. The fourth-order valence-electron chi connectivity index (χ4n) is 1.08.